The van der Waals surface area contributed by atoms with Crippen molar-refractivity contribution < 1.29 is 4.74 Å². The molecule has 2 heterocycles. The van der Waals surface area contributed by atoms with Crippen molar-refractivity contribution in [2.45, 2.75) is 19.8 Å². The SMILES string of the molecule is CNc1cc(C(C)C)nc(-c2cc(OC)ncn2)n1. The third-order valence-corrected chi connectivity index (χ3v) is 2.67. The third-order valence-electron chi connectivity index (χ3n) is 2.67. The molecular weight excluding hydrogens is 242 g/mol. The minimum Gasteiger partial charge on any atom is -0.481 e. The standard InChI is InChI=1S/C13H17N5O/c1-8(2)9-5-11(14-3)18-13(17-9)10-6-12(19-4)16-7-15-10/h5-8H,1-4H3,(H,14,17,18). The number of anilines is 1. The summed E-state index contributed by atoms with van der Waals surface area (Å²) in [5, 5.41) is 3.04. The normalized spacial score (nSPS) is 10.6. The van der Waals surface area contributed by atoms with Gasteiger partial charge in [-0.2, -0.15) is 0 Å². The molecule has 0 fully saturated rings. The lowest BCUT2D eigenvalue weighted by molar-refractivity contribution is 0.397. The van der Waals surface area contributed by atoms with Gasteiger partial charge >= 0.3 is 0 Å². The summed E-state index contributed by atoms with van der Waals surface area (Å²) in [4.78, 5) is 17.1. The first-order valence-electron chi connectivity index (χ1n) is 6.07. The van der Waals surface area contributed by atoms with E-state index < -0.39 is 0 Å². The van der Waals surface area contributed by atoms with E-state index in [0.717, 1.165) is 11.5 Å². The van der Waals surface area contributed by atoms with E-state index in [1.807, 2.05) is 13.1 Å². The lowest BCUT2D eigenvalue weighted by Gasteiger charge is -2.10. The van der Waals surface area contributed by atoms with Crippen LogP contribution in [-0.4, -0.2) is 34.1 Å². The molecule has 0 aliphatic rings. The van der Waals surface area contributed by atoms with Crippen LogP contribution in [0.2, 0.25) is 0 Å². The minimum absolute atomic E-state index is 0.317. The van der Waals surface area contributed by atoms with Crippen LogP contribution in [0.5, 0.6) is 5.88 Å². The van der Waals surface area contributed by atoms with Crippen LogP contribution in [0.1, 0.15) is 25.5 Å². The molecule has 0 aromatic carbocycles. The van der Waals surface area contributed by atoms with Gasteiger partial charge in [-0.3, -0.25) is 0 Å². The minimum atomic E-state index is 0.317. The van der Waals surface area contributed by atoms with Crippen LogP contribution in [-0.2, 0) is 0 Å². The van der Waals surface area contributed by atoms with Gasteiger partial charge in [-0.15, -0.1) is 0 Å². The van der Waals surface area contributed by atoms with Crippen molar-refractivity contribution >= 4 is 5.82 Å². The Labute approximate surface area is 112 Å². The molecule has 2 aromatic heterocycles. The molecule has 0 saturated carbocycles. The number of hydrogen-bond donors (Lipinski definition) is 1. The molecule has 2 rings (SSSR count). The maximum absolute atomic E-state index is 5.09. The number of nitrogens with one attached hydrogen (secondary N) is 1. The van der Waals surface area contributed by atoms with Crippen molar-refractivity contribution in [1.29, 1.82) is 0 Å². The largest absolute Gasteiger partial charge is 0.481 e. The van der Waals surface area contributed by atoms with Gasteiger partial charge in [0, 0.05) is 24.9 Å². The average Bonchev–Trinajstić information content (AvgIpc) is 2.46. The zero-order valence-electron chi connectivity index (χ0n) is 11.5. The van der Waals surface area contributed by atoms with Crippen molar-refractivity contribution in [1.82, 2.24) is 19.9 Å². The first-order valence-corrected chi connectivity index (χ1v) is 6.07. The predicted octanol–water partition coefficient (Wildman–Crippen LogP) is 2.11. The van der Waals surface area contributed by atoms with Gasteiger partial charge in [0.05, 0.1) is 7.11 Å². The smallest absolute Gasteiger partial charge is 0.216 e. The Morgan fingerprint density at radius 3 is 2.58 bits per heavy atom. The van der Waals surface area contributed by atoms with Crippen molar-refractivity contribution in [3.8, 4) is 17.4 Å². The lowest BCUT2D eigenvalue weighted by atomic mass is 10.1. The number of methoxy groups -OCH3 is 1. The zero-order valence-corrected chi connectivity index (χ0v) is 11.5. The fraction of sp³-hybridized carbons (Fsp3) is 0.385. The summed E-state index contributed by atoms with van der Waals surface area (Å²) in [5.74, 6) is 2.15. The zero-order chi connectivity index (χ0) is 13.8. The number of hydrogen-bond acceptors (Lipinski definition) is 6. The van der Waals surface area contributed by atoms with E-state index in [1.165, 1.54) is 6.33 Å². The summed E-state index contributed by atoms with van der Waals surface area (Å²) in [6, 6.07) is 3.66. The second-order valence-corrected chi connectivity index (χ2v) is 4.35. The summed E-state index contributed by atoms with van der Waals surface area (Å²) in [6.07, 6.45) is 1.44. The van der Waals surface area contributed by atoms with Crippen LogP contribution >= 0.6 is 0 Å². The highest BCUT2D eigenvalue weighted by Crippen LogP contribution is 2.21. The molecule has 0 bridgehead atoms. The molecule has 6 nitrogen and oxygen atoms in total. The molecule has 0 aliphatic heterocycles. The summed E-state index contributed by atoms with van der Waals surface area (Å²) in [5.41, 5.74) is 1.61. The van der Waals surface area contributed by atoms with E-state index in [-0.39, 0.29) is 0 Å². The Morgan fingerprint density at radius 1 is 1.16 bits per heavy atom. The summed E-state index contributed by atoms with van der Waals surface area (Å²) < 4.78 is 5.09. The molecule has 19 heavy (non-hydrogen) atoms. The molecule has 0 atom stereocenters. The monoisotopic (exact) mass is 259 g/mol. The fourth-order valence-corrected chi connectivity index (χ4v) is 1.58. The first kappa shape index (κ1) is 13.2. The van der Waals surface area contributed by atoms with Crippen LogP contribution in [0.15, 0.2) is 18.5 Å². The quantitative estimate of drug-likeness (QED) is 0.906. The molecule has 0 amide bonds. The Balaban J connectivity index is 2.50. The lowest BCUT2D eigenvalue weighted by Crippen LogP contribution is -2.03. The second kappa shape index (κ2) is 5.60. The van der Waals surface area contributed by atoms with Gasteiger partial charge in [-0.1, -0.05) is 13.8 Å². The summed E-state index contributed by atoms with van der Waals surface area (Å²) in [6.45, 7) is 4.18. The molecule has 0 radical (unpaired) electrons. The summed E-state index contributed by atoms with van der Waals surface area (Å²) in [7, 11) is 3.40. The van der Waals surface area contributed by atoms with Gasteiger partial charge in [0.1, 0.15) is 17.8 Å². The highest BCUT2D eigenvalue weighted by atomic mass is 16.5. The van der Waals surface area contributed by atoms with Crippen LogP contribution in [0.3, 0.4) is 0 Å². The van der Waals surface area contributed by atoms with Gasteiger partial charge in [-0.05, 0) is 5.92 Å². The average molecular weight is 259 g/mol. The fourth-order valence-electron chi connectivity index (χ4n) is 1.58. The van der Waals surface area contributed by atoms with E-state index in [9.17, 15) is 0 Å². The Kier molecular flexibility index (Phi) is 3.89. The van der Waals surface area contributed by atoms with Crippen LogP contribution in [0, 0.1) is 0 Å². The van der Waals surface area contributed by atoms with Gasteiger partial charge in [0.15, 0.2) is 5.82 Å². The molecule has 0 unspecified atom stereocenters. The number of rotatable bonds is 4. The first-order chi connectivity index (χ1) is 9.13. The second-order valence-electron chi connectivity index (χ2n) is 4.35. The molecule has 0 spiro atoms. The number of ether oxygens (including phenoxy) is 1. The Bertz CT molecular complexity index is 571. The van der Waals surface area contributed by atoms with Gasteiger partial charge in [-0.25, -0.2) is 19.9 Å². The Hall–Kier alpha value is -2.24. The van der Waals surface area contributed by atoms with Crippen molar-refractivity contribution in [2.24, 2.45) is 0 Å². The highest BCUT2D eigenvalue weighted by molar-refractivity contribution is 5.54. The molecular formula is C13H17N5O. The Morgan fingerprint density at radius 2 is 1.95 bits per heavy atom. The van der Waals surface area contributed by atoms with Gasteiger partial charge in [0.25, 0.3) is 0 Å². The van der Waals surface area contributed by atoms with Crippen LogP contribution in [0.4, 0.5) is 5.82 Å². The van der Waals surface area contributed by atoms with E-state index >= 15 is 0 Å². The molecule has 1 N–H and O–H groups in total. The molecule has 0 aliphatic carbocycles. The summed E-state index contributed by atoms with van der Waals surface area (Å²) >= 11 is 0. The third kappa shape index (κ3) is 2.96. The number of nitrogens with zero attached hydrogens (tertiary/aromatic N) is 4. The van der Waals surface area contributed by atoms with Gasteiger partial charge < -0.3 is 10.1 Å². The predicted molar refractivity (Wildman–Crippen MR) is 73.2 cm³/mol. The topological polar surface area (TPSA) is 72.8 Å². The molecule has 2 aromatic rings. The van der Waals surface area contributed by atoms with Crippen LogP contribution in [0.25, 0.3) is 11.5 Å². The molecule has 100 valence electrons. The highest BCUT2D eigenvalue weighted by Gasteiger charge is 2.11. The van der Waals surface area contributed by atoms with Crippen molar-refractivity contribution in [3.05, 3.63) is 24.2 Å². The van der Waals surface area contributed by atoms with E-state index in [2.05, 4.69) is 39.1 Å². The maximum atomic E-state index is 5.09. The van der Waals surface area contributed by atoms with Crippen molar-refractivity contribution in [2.75, 3.05) is 19.5 Å². The van der Waals surface area contributed by atoms with Gasteiger partial charge in [0.2, 0.25) is 5.88 Å². The van der Waals surface area contributed by atoms with Crippen molar-refractivity contribution in [3.63, 3.8) is 0 Å². The number of aromatic nitrogens is 4. The molecule has 0 saturated heterocycles. The van der Waals surface area contributed by atoms with E-state index in [4.69, 9.17) is 4.74 Å². The van der Waals surface area contributed by atoms with E-state index in [1.54, 1.807) is 13.2 Å². The van der Waals surface area contributed by atoms with Crippen LogP contribution < -0.4 is 10.1 Å². The van der Waals surface area contributed by atoms with E-state index in [0.29, 0.717) is 23.3 Å². The maximum Gasteiger partial charge on any atom is 0.216 e. The molecule has 6 heteroatoms.